The number of aryl methyl sites for hydroxylation is 1. The second kappa shape index (κ2) is 6.21. The molecule has 0 aliphatic carbocycles. The van der Waals surface area contributed by atoms with Gasteiger partial charge in [-0.1, -0.05) is 18.2 Å². The highest BCUT2D eigenvalue weighted by Gasteiger charge is 2.31. The summed E-state index contributed by atoms with van der Waals surface area (Å²) >= 11 is 0. The van der Waals surface area contributed by atoms with Gasteiger partial charge in [0, 0.05) is 5.56 Å². The Balaban J connectivity index is 1.83. The molecule has 0 radical (unpaired) electrons. The molecule has 0 spiro atoms. The Labute approximate surface area is 145 Å². The fraction of sp³-hybridized carbons (Fsp3) is 0.176. The minimum Gasteiger partial charge on any atom is -0.506 e. The van der Waals surface area contributed by atoms with E-state index in [0.717, 1.165) is 5.56 Å². The van der Waals surface area contributed by atoms with E-state index in [1.54, 1.807) is 37.3 Å². The number of nitrogens with zero attached hydrogens (tertiary/aromatic N) is 1. The number of aromatic hydroxyl groups is 1. The highest BCUT2D eigenvalue weighted by atomic mass is 32.2. The lowest BCUT2D eigenvalue weighted by atomic mass is 10.2. The zero-order valence-corrected chi connectivity index (χ0v) is 14.5. The highest BCUT2D eigenvalue weighted by Crippen LogP contribution is 2.25. The number of benzene rings is 2. The van der Waals surface area contributed by atoms with Crippen LogP contribution < -0.4 is 10.0 Å². The number of rotatable bonds is 3. The lowest BCUT2D eigenvalue weighted by Gasteiger charge is -2.11. The predicted molar refractivity (Wildman–Crippen MR) is 94.2 cm³/mol. The number of fused-ring (bicyclic) bond motifs is 1. The van der Waals surface area contributed by atoms with Crippen LogP contribution in [0.5, 0.6) is 5.75 Å². The van der Waals surface area contributed by atoms with Crippen molar-refractivity contribution in [3.05, 3.63) is 53.6 Å². The number of hydrogen-bond donors (Lipinski definition) is 3. The standard InChI is InChI=1S/C17H17N3O4S/c1-10-7-8-13(14(21)9-10)19-17(22)11(2)18-16-12-5-3-4-6-15(12)25(23,24)20-16/h3-9,11,21H,1-2H3,(H,18,20)(H,19,22). The summed E-state index contributed by atoms with van der Waals surface area (Å²) in [4.78, 5) is 16.6. The van der Waals surface area contributed by atoms with E-state index >= 15 is 0 Å². The van der Waals surface area contributed by atoms with E-state index in [-0.39, 0.29) is 22.2 Å². The van der Waals surface area contributed by atoms with Gasteiger partial charge >= 0.3 is 0 Å². The third kappa shape index (κ3) is 3.34. The van der Waals surface area contributed by atoms with Gasteiger partial charge in [0.25, 0.3) is 10.0 Å². The molecule has 2 aromatic carbocycles. The molecule has 0 saturated heterocycles. The Morgan fingerprint density at radius 2 is 1.96 bits per heavy atom. The Kier molecular flexibility index (Phi) is 4.22. The third-order valence-corrected chi connectivity index (χ3v) is 5.17. The summed E-state index contributed by atoms with van der Waals surface area (Å²) in [6.07, 6.45) is 0. The molecule has 3 N–H and O–H groups in total. The van der Waals surface area contributed by atoms with E-state index < -0.39 is 22.0 Å². The second-order valence-electron chi connectivity index (χ2n) is 5.77. The van der Waals surface area contributed by atoms with Crippen molar-refractivity contribution >= 4 is 27.5 Å². The predicted octanol–water partition coefficient (Wildman–Crippen LogP) is 1.77. The zero-order chi connectivity index (χ0) is 18.2. The molecule has 25 heavy (non-hydrogen) atoms. The maximum atomic E-state index is 12.3. The van der Waals surface area contributed by atoms with Crippen molar-refractivity contribution in [2.75, 3.05) is 5.32 Å². The van der Waals surface area contributed by atoms with Crippen LogP contribution >= 0.6 is 0 Å². The number of sulfonamides is 1. The first kappa shape index (κ1) is 17.0. The molecule has 1 heterocycles. The minimum atomic E-state index is -3.65. The lowest BCUT2D eigenvalue weighted by molar-refractivity contribution is -0.117. The van der Waals surface area contributed by atoms with Crippen LogP contribution in [0.3, 0.4) is 0 Å². The monoisotopic (exact) mass is 359 g/mol. The molecule has 1 amide bonds. The van der Waals surface area contributed by atoms with Crippen molar-refractivity contribution < 1.29 is 18.3 Å². The van der Waals surface area contributed by atoms with E-state index in [2.05, 4.69) is 15.0 Å². The SMILES string of the molecule is Cc1ccc(NC(=O)C(C)N=C2NS(=O)(=O)c3ccccc32)c(O)c1. The van der Waals surface area contributed by atoms with Gasteiger partial charge in [-0.2, -0.15) is 0 Å². The Hall–Kier alpha value is -2.87. The Morgan fingerprint density at radius 3 is 2.68 bits per heavy atom. The number of hydrogen-bond acceptors (Lipinski definition) is 5. The summed E-state index contributed by atoms with van der Waals surface area (Å²) in [5.41, 5.74) is 1.57. The number of carbonyl (C=O) groups excluding carboxylic acids is 1. The number of aliphatic imine (C=N–C) groups is 1. The van der Waals surface area contributed by atoms with Crippen molar-refractivity contribution in [1.82, 2.24) is 4.72 Å². The second-order valence-corrected chi connectivity index (χ2v) is 7.42. The molecule has 8 heteroatoms. The molecule has 1 unspecified atom stereocenters. The van der Waals surface area contributed by atoms with E-state index in [0.29, 0.717) is 5.56 Å². The fourth-order valence-corrected chi connectivity index (χ4v) is 3.71. The van der Waals surface area contributed by atoms with Gasteiger partial charge in [0.2, 0.25) is 5.91 Å². The lowest BCUT2D eigenvalue weighted by Crippen LogP contribution is -2.28. The van der Waals surface area contributed by atoms with Crippen molar-refractivity contribution in [3.63, 3.8) is 0 Å². The number of amides is 1. The number of phenols is 1. The zero-order valence-electron chi connectivity index (χ0n) is 13.6. The van der Waals surface area contributed by atoms with Gasteiger partial charge in [-0.05, 0) is 43.7 Å². The molecule has 0 fully saturated rings. The van der Waals surface area contributed by atoms with Gasteiger partial charge in [0.05, 0.1) is 10.6 Å². The van der Waals surface area contributed by atoms with Crippen molar-refractivity contribution in [2.45, 2.75) is 24.8 Å². The third-order valence-electron chi connectivity index (χ3n) is 3.78. The van der Waals surface area contributed by atoms with Gasteiger partial charge < -0.3 is 10.4 Å². The molecule has 0 aromatic heterocycles. The van der Waals surface area contributed by atoms with Crippen LogP contribution in [0.1, 0.15) is 18.1 Å². The van der Waals surface area contributed by atoms with Crippen molar-refractivity contribution in [2.24, 2.45) is 4.99 Å². The molecule has 1 aliphatic heterocycles. The van der Waals surface area contributed by atoms with E-state index in [4.69, 9.17) is 0 Å². The maximum absolute atomic E-state index is 12.3. The van der Waals surface area contributed by atoms with Gasteiger partial charge in [-0.3, -0.25) is 14.5 Å². The van der Waals surface area contributed by atoms with Crippen LogP contribution in [0.4, 0.5) is 5.69 Å². The van der Waals surface area contributed by atoms with Crippen LogP contribution in [-0.4, -0.2) is 31.3 Å². The summed E-state index contributed by atoms with van der Waals surface area (Å²) in [5, 5.41) is 12.4. The van der Waals surface area contributed by atoms with Crippen molar-refractivity contribution in [3.8, 4) is 5.75 Å². The minimum absolute atomic E-state index is 0.0416. The van der Waals surface area contributed by atoms with Crippen LogP contribution in [0.15, 0.2) is 52.4 Å². The quantitative estimate of drug-likeness (QED) is 0.726. The largest absolute Gasteiger partial charge is 0.506 e. The first-order valence-corrected chi connectivity index (χ1v) is 9.07. The summed E-state index contributed by atoms with van der Waals surface area (Å²) < 4.78 is 26.5. The van der Waals surface area contributed by atoms with Gasteiger partial charge in [0.1, 0.15) is 17.6 Å². The number of amidine groups is 1. The molecule has 7 nitrogen and oxygen atoms in total. The first-order valence-electron chi connectivity index (χ1n) is 7.58. The smallest absolute Gasteiger partial charge is 0.263 e. The summed E-state index contributed by atoms with van der Waals surface area (Å²) in [6, 6.07) is 10.5. The van der Waals surface area contributed by atoms with Crippen LogP contribution in [0.25, 0.3) is 0 Å². The summed E-state index contributed by atoms with van der Waals surface area (Å²) in [6.45, 7) is 3.37. The summed E-state index contributed by atoms with van der Waals surface area (Å²) in [5.74, 6) is -0.373. The molecule has 130 valence electrons. The Bertz CT molecular complexity index is 983. The Morgan fingerprint density at radius 1 is 1.24 bits per heavy atom. The molecule has 3 rings (SSSR count). The van der Waals surface area contributed by atoms with E-state index in [1.807, 2.05) is 6.92 Å². The van der Waals surface area contributed by atoms with Crippen LogP contribution in [0.2, 0.25) is 0 Å². The van der Waals surface area contributed by atoms with E-state index in [1.165, 1.54) is 12.1 Å². The number of phenolic OH excluding ortho intramolecular Hbond substituents is 1. The number of anilines is 1. The van der Waals surface area contributed by atoms with Gasteiger partial charge in [-0.15, -0.1) is 0 Å². The van der Waals surface area contributed by atoms with E-state index in [9.17, 15) is 18.3 Å². The molecule has 1 atom stereocenters. The maximum Gasteiger partial charge on any atom is 0.263 e. The summed E-state index contributed by atoms with van der Waals surface area (Å²) in [7, 11) is -3.65. The van der Waals surface area contributed by atoms with Gasteiger partial charge in [-0.25, -0.2) is 8.42 Å². The highest BCUT2D eigenvalue weighted by molar-refractivity contribution is 7.90. The topological polar surface area (TPSA) is 108 Å². The molecule has 2 aromatic rings. The molecule has 1 aliphatic rings. The normalized spacial score (nSPS) is 17.6. The van der Waals surface area contributed by atoms with Crippen LogP contribution in [0, 0.1) is 6.92 Å². The van der Waals surface area contributed by atoms with Crippen molar-refractivity contribution in [1.29, 1.82) is 0 Å². The molecular weight excluding hydrogens is 342 g/mol. The first-order chi connectivity index (χ1) is 11.8. The molecule has 0 saturated carbocycles. The van der Waals surface area contributed by atoms with Crippen LogP contribution in [-0.2, 0) is 14.8 Å². The average Bonchev–Trinajstić information content (AvgIpc) is 2.81. The fourth-order valence-electron chi connectivity index (χ4n) is 2.47. The number of carbonyl (C=O) groups is 1. The van der Waals surface area contributed by atoms with Gasteiger partial charge in [0.15, 0.2) is 0 Å². The number of nitrogens with one attached hydrogen (secondary N) is 2. The molecular formula is C17H17N3O4S. The molecule has 0 bridgehead atoms. The average molecular weight is 359 g/mol.